The third-order valence-corrected chi connectivity index (χ3v) is 6.21. The minimum absolute atomic E-state index is 0.163. The monoisotopic (exact) mass is 311 g/mol. The fourth-order valence-corrected chi connectivity index (χ4v) is 4.90. The molecule has 0 radical (unpaired) electrons. The molecule has 110 valence electrons. The molecule has 0 spiro atoms. The molecule has 2 aliphatic heterocycles. The van der Waals surface area contributed by atoms with Crippen molar-refractivity contribution in [1.29, 1.82) is 0 Å². The maximum Gasteiger partial charge on any atom is 0.229 e. The Morgan fingerprint density at radius 3 is 2.75 bits per heavy atom. The van der Waals surface area contributed by atoms with Crippen LogP contribution in [0.3, 0.4) is 0 Å². The Kier molecular flexibility index (Phi) is 4.96. The van der Waals surface area contributed by atoms with Crippen LogP contribution in [-0.2, 0) is 4.79 Å². The summed E-state index contributed by atoms with van der Waals surface area (Å²) in [5.74, 6) is 3.18. The second-order valence-corrected chi connectivity index (χ2v) is 7.75. The Balaban J connectivity index is 1.57. The average Bonchev–Trinajstić information content (AvgIpc) is 2.97. The van der Waals surface area contributed by atoms with Crippen LogP contribution < -0.4 is 10.6 Å². The van der Waals surface area contributed by atoms with E-state index < -0.39 is 0 Å². The van der Waals surface area contributed by atoms with Crippen LogP contribution >= 0.6 is 23.1 Å². The van der Waals surface area contributed by atoms with Crippen molar-refractivity contribution in [3.63, 3.8) is 0 Å². The molecule has 1 amide bonds. The highest BCUT2D eigenvalue weighted by Crippen LogP contribution is 2.32. The van der Waals surface area contributed by atoms with Gasteiger partial charge >= 0.3 is 0 Å². The summed E-state index contributed by atoms with van der Waals surface area (Å²) in [5.41, 5.74) is 0. The normalized spacial score (nSPS) is 21.8. The smallest absolute Gasteiger partial charge is 0.229 e. The number of hydrogen-bond donors (Lipinski definition) is 2. The minimum atomic E-state index is 0.163. The number of aromatic nitrogens is 1. The van der Waals surface area contributed by atoms with Crippen molar-refractivity contribution in [1.82, 2.24) is 10.3 Å². The summed E-state index contributed by atoms with van der Waals surface area (Å²) in [6.45, 7) is 2.17. The van der Waals surface area contributed by atoms with Gasteiger partial charge in [0.05, 0.1) is 0 Å². The molecule has 1 aromatic rings. The van der Waals surface area contributed by atoms with Gasteiger partial charge in [-0.15, -0.1) is 11.3 Å². The largest absolute Gasteiger partial charge is 0.317 e. The van der Waals surface area contributed by atoms with E-state index in [1.807, 2.05) is 18.0 Å². The van der Waals surface area contributed by atoms with Crippen molar-refractivity contribution in [2.24, 2.45) is 5.92 Å². The van der Waals surface area contributed by atoms with Crippen molar-refractivity contribution >= 4 is 34.1 Å². The van der Waals surface area contributed by atoms with Crippen LogP contribution in [-0.4, -0.2) is 35.5 Å². The molecule has 20 heavy (non-hydrogen) atoms. The van der Waals surface area contributed by atoms with Crippen LogP contribution in [0.1, 0.15) is 36.5 Å². The molecule has 1 aromatic heterocycles. The molecule has 0 atom stereocenters. The van der Waals surface area contributed by atoms with E-state index in [-0.39, 0.29) is 11.8 Å². The first-order chi connectivity index (χ1) is 9.83. The fraction of sp³-hybridized carbons (Fsp3) is 0.714. The van der Waals surface area contributed by atoms with E-state index >= 15 is 0 Å². The van der Waals surface area contributed by atoms with E-state index in [9.17, 15) is 4.79 Å². The van der Waals surface area contributed by atoms with Crippen LogP contribution in [0.15, 0.2) is 6.20 Å². The number of hydrogen-bond acceptors (Lipinski definition) is 5. The topological polar surface area (TPSA) is 54.0 Å². The number of carbonyl (C=O) groups excluding carboxylic acids is 1. The molecule has 0 bridgehead atoms. The second kappa shape index (κ2) is 6.91. The SMILES string of the molecule is O=C(Nc1ncc(C2CCNCC2)s1)C1CCSCC1. The van der Waals surface area contributed by atoms with Gasteiger partial charge in [-0.2, -0.15) is 11.8 Å². The van der Waals surface area contributed by atoms with Crippen molar-refractivity contribution < 1.29 is 4.79 Å². The molecule has 2 fully saturated rings. The summed E-state index contributed by atoms with van der Waals surface area (Å²) in [6.07, 6.45) is 6.31. The van der Waals surface area contributed by atoms with Crippen LogP contribution in [0.25, 0.3) is 0 Å². The third-order valence-electron chi connectivity index (χ3n) is 4.09. The number of rotatable bonds is 3. The first-order valence-corrected chi connectivity index (χ1v) is 9.35. The quantitative estimate of drug-likeness (QED) is 0.901. The lowest BCUT2D eigenvalue weighted by molar-refractivity contribution is -0.120. The zero-order chi connectivity index (χ0) is 13.8. The first kappa shape index (κ1) is 14.4. The summed E-state index contributed by atoms with van der Waals surface area (Å²) < 4.78 is 0. The van der Waals surface area contributed by atoms with E-state index in [0.717, 1.165) is 42.6 Å². The number of piperidine rings is 1. The minimum Gasteiger partial charge on any atom is -0.317 e. The van der Waals surface area contributed by atoms with E-state index in [0.29, 0.717) is 5.92 Å². The van der Waals surface area contributed by atoms with Crippen LogP contribution in [0, 0.1) is 5.92 Å². The molecule has 3 heterocycles. The maximum atomic E-state index is 12.2. The van der Waals surface area contributed by atoms with E-state index in [4.69, 9.17) is 0 Å². The number of carbonyl (C=O) groups is 1. The molecule has 0 aromatic carbocycles. The van der Waals surface area contributed by atoms with Gasteiger partial charge in [-0.25, -0.2) is 4.98 Å². The molecule has 2 N–H and O–H groups in total. The van der Waals surface area contributed by atoms with Gasteiger partial charge in [-0.1, -0.05) is 0 Å². The van der Waals surface area contributed by atoms with Gasteiger partial charge in [0.1, 0.15) is 0 Å². The van der Waals surface area contributed by atoms with Crippen LogP contribution in [0.5, 0.6) is 0 Å². The zero-order valence-electron chi connectivity index (χ0n) is 11.6. The van der Waals surface area contributed by atoms with Gasteiger partial charge in [0.25, 0.3) is 0 Å². The molecular weight excluding hydrogens is 290 g/mol. The standard InChI is InChI=1S/C14H21N3OS2/c18-13(11-3-7-19-8-4-11)17-14-16-9-12(20-14)10-1-5-15-6-2-10/h9-11,15H,1-8H2,(H,16,17,18). The van der Waals surface area contributed by atoms with Gasteiger partial charge in [-0.3, -0.25) is 4.79 Å². The lowest BCUT2D eigenvalue weighted by Crippen LogP contribution is -2.26. The van der Waals surface area contributed by atoms with Gasteiger partial charge in [0.2, 0.25) is 5.91 Å². The van der Waals surface area contributed by atoms with E-state index in [1.165, 1.54) is 17.7 Å². The molecule has 0 saturated carbocycles. The van der Waals surface area contributed by atoms with Crippen molar-refractivity contribution in [3.05, 3.63) is 11.1 Å². The zero-order valence-corrected chi connectivity index (χ0v) is 13.2. The second-order valence-electron chi connectivity index (χ2n) is 5.47. The Bertz CT molecular complexity index is 451. The highest BCUT2D eigenvalue weighted by molar-refractivity contribution is 7.99. The van der Waals surface area contributed by atoms with Gasteiger partial charge < -0.3 is 10.6 Å². The molecule has 2 saturated heterocycles. The fourth-order valence-electron chi connectivity index (χ4n) is 2.81. The van der Waals surface area contributed by atoms with Crippen molar-refractivity contribution in [3.8, 4) is 0 Å². The number of amides is 1. The maximum absolute atomic E-state index is 12.2. The van der Waals surface area contributed by atoms with Gasteiger partial charge in [0, 0.05) is 17.0 Å². The predicted molar refractivity (Wildman–Crippen MR) is 85.6 cm³/mol. The van der Waals surface area contributed by atoms with E-state index in [1.54, 1.807) is 11.3 Å². The Morgan fingerprint density at radius 2 is 2.00 bits per heavy atom. The third kappa shape index (κ3) is 3.54. The first-order valence-electron chi connectivity index (χ1n) is 7.38. The Morgan fingerprint density at radius 1 is 1.25 bits per heavy atom. The van der Waals surface area contributed by atoms with Gasteiger partial charge in [-0.05, 0) is 56.2 Å². The highest BCUT2D eigenvalue weighted by Gasteiger charge is 2.23. The Labute approximate surface area is 128 Å². The number of thiazole rings is 1. The number of nitrogens with one attached hydrogen (secondary N) is 2. The number of nitrogens with zero attached hydrogens (tertiary/aromatic N) is 1. The van der Waals surface area contributed by atoms with Crippen molar-refractivity contribution in [2.75, 3.05) is 29.9 Å². The van der Waals surface area contributed by atoms with E-state index in [2.05, 4.69) is 15.6 Å². The van der Waals surface area contributed by atoms with Crippen LogP contribution in [0.2, 0.25) is 0 Å². The lowest BCUT2D eigenvalue weighted by atomic mass is 9.97. The summed E-state index contributed by atoms with van der Waals surface area (Å²) in [6, 6.07) is 0. The lowest BCUT2D eigenvalue weighted by Gasteiger charge is -2.21. The summed E-state index contributed by atoms with van der Waals surface area (Å²) in [5, 5.41) is 7.17. The van der Waals surface area contributed by atoms with Gasteiger partial charge in [0.15, 0.2) is 5.13 Å². The van der Waals surface area contributed by atoms with Crippen molar-refractivity contribution in [2.45, 2.75) is 31.6 Å². The average molecular weight is 311 g/mol. The summed E-state index contributed by atoms with van der Waals surface area (Å²) >= 11 is 3.60. The summed E-state index contributed by atoms with van der Waals surface area (Å²) in [4.78, 5) is 17.9. The highest BCUT2D eigenvalue weighted by atomic mass is 32.2. The molecule has 4 nitrogen and oxygen atoms in total. The van der Waals surface area contributed by atoms with Crippen LogP contribution in [0.4, 0.5) is 5.13 Å². The molecule has 3 rings (SSSR count). The molecular formula is C14H21N3OS2. The number of anilines is 1. The summed E-state index contributed by atoms with van der Waals surface area (Å²) in [7, 11) is 0. The molecule has 6 heteroatoms. The predicted octanol–water partition coefficient (Wildman–Crippen LogP) is 2.69. The molecule has 0 aliphatic carbocycles. The number of thioether (sulfide) groups is 1. The molecule has 2 aliphatic rings. The Hall–Kier alpha value is -0.590. The molecule has 0 unspecified atom stereocenters.